The lowest BCUT2D eigenvalue weighted by Gasteiger charge is -2.28. The standard InChI is InChI=1S/C16H25N3O3S/c1-4-18-23(21,22)14-6-5-11(2)15(10-14)16(20)19-13-7-8-17-12(3)9-13/h5-6,10,12-13,17-18H,4,7-9H2,1-3H3,(H,19,20). The van der Waals surface area contributed by atoms with Crippen molar-refractivity contribution >= 4 is 15.9 Å². The van der Waals surface area contributed by atoms with E-state index in [1.807, 2.05) is 6.92 Å². The number of amides is 1. The average Bonchev–Trinajstić information content (AvgIpc) is 2.47. The number of nitrogens with one attached hydrogen (secondary N) is 3. The molecule has 1 aromatic rings. The van der Waals surface area contributed by atoms with E-state index in [0.29, 0.717) is 18.2 Å². The van der Waals surface area contributed by atoms with Gasteiger partial charge >= 0.3 is 0 Å². The molecule has 0 radical (unpaired) electrons. The molecule has 3 N–H and O–H groups in total. The highest BCUT2D eigenvalue weighted by molar-refractivity contribution is 7.89. The summed E-state index contributed by atoms with van der Waals surface area (Å²) in [5.74, 6) is -0.213. The van der Waals surface area contributed by atoms with Crippen LogP contribution < -0.4 is 15.4 Å². The zero-order valence-electron chi connectivity index (χ0n) is 13.8. The first-order chi connectivity index (χ1) is 10.8. The van der Waals surface area contributed by atoms with E-state index in [0.717, 1.165) is 24.9 Å². The van der Waals surface area contributed by atoms with Gasteiger partial charge in [-0.05, 0) is 50.9 Å². The van der Waals surface area contributed by atoms with Gasteiger partial charge in [-0.3, -0.25) is 4.79 Å². The van der Waals surface area contributed by atoms with Gasteiger partial charge < -0.3 is 10.6 Å². The van der Waals surface area contributed by atoms with E-state index < -0.39 is 10.0 Å². The summed E-state index contributed by atoms with van der Waals surface area (Å²) in [6, 6.07) is 5.14. The summed E-state index contributed by atoms with van der Waals surface area (Å²) in [7, 11) is -3.56. The van der Waals surface area contributed by atoms with Crippen molar-refractivity contribution < 1.29 is 13.2 Å². The Bertz CT molecular complexity index is 673. The highest BCUT2D eigenvalue weighted by atomic mass is 32.2. The van der Waals surface area contributed by atoms with Crippen LogP contribution in [0.3, 0.4) is 0 Å². The van der Waals surface area contributed by atoms with Gasteiger partial charge in [-0.1, -0.05) is 13.0 Å². The number of aryl methyl sites for hydroxylation is 1. The second-order valence-corrected chi connectivity index (χ2v) is 7.79. The monoisotopic (exact) mass is 339 g/mol. The van der Waals surface area contributed by atoms with Gasteiger partial charge in [-0.15, -0.1) is 0 Å². The molecule has 1 aliphatic heterocycles. The average molecular weight is 339 g/mol. The summed E-state index contributed by atoms with van der Waals surface area (Å²) in [4.78, 5) is 12.6. The van der Waals surface area contributed by atoms with Gasteiger partial charge in [0.2, 0.25) is 10.0 Å². The maximum atomic E-state index is 12.5. The predicted molar refractivity (Wildman–Crippen MR) is 90.0 cm³/mol. The fraction of sp³-hybridized carbons (Fsp3) is 0.562. The molecule has 1 amide bonds. The third-order valence-corrected chi connectivity index (χ3v) is 5.60. The van der Waals surface area contributed by atoms with Crippen LogP contribution in [0, 0.1) is 6.92 Å². The molecule has 2 rings (SSSR count). The second kappa shape index (κ2) is 7.42. The topological polar surface area (TPSA) is 87.3 Å². The maximum Gasteiger partial charge on any atom is 0.251 e. The Morgan fingerprint density at radius 2 is 2.13 bits per heavy atom. The van der Waals surface area contributed by atoms with Gasteiger partial charge in [-0.25, -0.2) is 13.1 Å². The minimum atomic E-state index is -3.56. The van der Waals surface area contributed by atoms with Gasteiger partial charge in [0, 0.05) is 24.2 Å². The molecule has 0 spiro atoms. The molecule has 1 aromatic carbocycles. The van der Waals surface area contributed by atoms with Crippen molar-refractivity contribution in [3.63, 3.8) is 0 Å². The molecular weight excluding hydrogens is 314 g/mol. The molecule has 0 bridgehead atoms. The van der Waals surface area contributed by atoms with Crippen LogP contribution in [-0.4, -0.2) is 39.5 Å². The Hall–Kier alpha value is -1.44. The molecule has 6 nitrogen and oxygen atoms in total. The van der Waals surface area contributed by atoms with Gasteiger partial charge in [0.15, 0.2) is 0 Å². The van der Waals surface area contributed by atoms with E-state index in [1.54, 1.807) is 13.0 Å². The second-order valence-electron chi connectivity index (χ2n) is 6.03. The summed E-state index contributed by atoms with van der Waals surface area (Å²) in [6.45, 7) is 6.80. The van der Waals surface area contributed by atoms with Crippen LogP contribution in [0.2, 0.25) is 0 Å². The van der Waals surface area contributed by atoms with Crippen molar-refractivity contribution in [1.82, 2.24) is 15.4 Å². The van der Waals surface area contributed by atoms with E-state index in [9.17, 15) is 13.2 Å². The van der Waals surface area contributed by atoms with Gasteiger partial charge in [0.25, 0.3) is 5.91 Å². The quantitative estimate of drug-likeness (QED) is 0.751. The van der Waals surface area contributed by atoms with Crippen LogP contribution in [0.5, 0.6) is 0 Å². The largest absolute Gasteiger partial charge is 0.349 e. The fourth-order valence-electron chi connectivity index (χ4n) is 2.81. The minimum absolute atomic E-state index is 0.118. The molecule has 0 aromatic heterocycles. The fourth-order valence-corrected chi connectivity index (χ4v) is 3.88. The number of carbonyl (C=O) groups excluding carboxylic acids is 1. The highest BCUT2D eigenvalue weighted by Crippen LogP contribution is 2.17. The number of piperidine rings is 1. The molecule has 1 saturated heterocycles. The van der Waals surface area contributed by atoms with Crippen LogP contribution >= 0.6 is 0 Å². The first-order valence-corrected chi connectivity index (χ1v) is 9.46. The molecule has 0 saturated carbocycles. The number of benzene rings is 1. The highest BCUT2D eigenvalue weighted by Gasteiger charge is 2.22. The minimum Gasteiger partial charge on any atom is -0.349 e. The first-order valence-electron chi connectivity index (χ1n) is 7.98. The molecule has 128 valence electrons. The molecule has 2 unspecified atom stereocenters. The zero-order valence-corrected chi connectivity index (χ0v) is 14.7. The van der Waals surface area contributed by atoms with Crippen LogP contribution in [0.1, 0.15) is 42.6 Å². The molecule has 23 heavy (non-hydrogen) atoms. The number of hydrogen-bond acceptors (Lipinski definition) is 4. The van der Waals surface area contributed by atoms with Crippen molar-refractivity contribution in [2.24, 2.45) is 0 Å². The van der Waals surface area contributed by atoms with Crippen molar-refractivity contribution in [1.29, 1.82) is 0 Å². The van der Waals surface area contributed by atoms with Crippen molar-refractivity contribution in [2.45, 2.75) is 50.6 Å². The summed E-state index contributed by atoms with van der Waals surface area (Å²) in [5.41, 5.74) is 1.18. The Morgan fingerprint density at radius 1 is 1.39 bits per heavy atom. The lowest BCUT2D eigenvalue weighted by molar-refractivity contribution is 0.0925. The molecule has 1 heterocycles. The van der Waals surface area contributed by atoms with E-state index in [2.05, 4.69) is 22.3 Å². The van der Waals surface area contributed by atoms with Gasteiger partial charge in [0.05, 0.1) is 4.90 Å². The molecule has 2 atom stereocenters. The van der Waals surface area contributed by atoms with Crippen LogP contribution in [0.25, 0.3) is 0 Å². The maximum absolute atomic E-state index is 12.5. The lowest BCUT2D eigenvalue weighted by atomic mass is 9.99. The summed E-state index contributed by atoms with van der Waals surface area (Å²) >= 11 is 0. The number of rotatable bonds is 5. The SMILES string of the molecule is CCNS(=O)(=O)c1ccc(C)c(C(=O)NC2CCNC(C)C2)c1. The Balaban J connectivity index is 2.19. The Kier molecular flexibility index (Phi) is 5.78. The van der Waals surface area contributed by atoms with Gasteiger partial charge in [0.1, 0.15) is 0 Å². The van der Waals surface area contributed by atoms with Crippen molar-refractivity contribution in [3.05, 3.63) is 29.3 Å². The normalized spacial score (nSPS) is 21.9. The van der Waals surface area contributed by atoms with Gasteiger partial charge in [-0.2, -0.15) is 0 Å². The van der Waals surface area contributed by atoms with Crippen LogP contribution in [-0.2, 0) is 10.0 Å². The smallest absolute Gasteiger partial charge is 0.251 e. The Labute approximate surface area is 138 Å². The lowest BCUT2D eigenvalue weighted by Crippen LogP contribution is -2.46. The van der Waals surface area contributed by atoms with E-state index >= 15 is 0 Å². The number of carbonyl (C=O) groups is 1. The molecule has 1 aliphatic rings. The summed E-state index contributed by atoms with van der Waals surface area (Å²) in [5, 5.41) is 6.36. The van der Waals surface area contributed by atoms with Crippen molar-refractivity contribution in [3.8, 4) is 0 Å². The third kappa shape index (κ3) is 4.53. The van der Waals surface area contributed by atoms with Crippen molar-refractivity contribution in [2.75, 3.05) is 13.1 Å². The van der Waals surface area contributed by atoms with E-state index in [1.165, 1.54) is 12.1 Å². The number of sulfonamides is 1. The Morgan fingerprint density at radius 3 is 2.78 bits per heavy atom. The molecule has 1 fully saturated rings. The van der Waals surface area contributed by atoms with Crippen LogP contribution in [0.4, 0.5) is 0 Å². The van der Waals surface area contributed by atoms with Crippen LogP contribution in [0.15, 0.2) is 23.1 Å². The van der Waals surface area contributed by atoms with E-state index in [4.69, 9.17) is 0 Å². The number of hydrogen-bond donors (Lipinski definition) is 3. The summed E-state index contributed by atoms with van der Waals surface area (Å²) in [6.07, 6.45) is 1.75. The predicted octanol–water partition coefficient (Wildman–Crippen LogP) is 1.16. The van der Waals surface area contributed by atoms with E-state index in [-0.39, 0.29) is 16.8 Å². The zero-order chi connectivity index (χ0) is 17.0. The molecule has 7 heteroatoms. The summed E-state index contributed by atoms with van der Waals surface area (Å²) < 4.78 is 26.6. The third-order valence-electron chi connectivity index (χ3n) is 4.06. The molecular formula is C16H25N3O3S. The first kappa shape index (κ1) is 17.9. The molecule has 0 aliphatic carbocycles.